The van der Waals surface area contributed by atoms with E-state index < -0.39 is 15.9 Å². The molecule has 2 aromatic carbocycles. The first kappa shape index (κ1) is 20.9. The van der Waals surface area contributed by atoms with Crippen molar-refractivity contribution in [1.82, 2.24) is 4.31 Å². The smallest absolute Gasteiger partial charge is 0.259 e. The fourth-order valence-corrected chi connectivity index (χ4v) is 4.66. The van der Waals surface area contributed by atoms with Crippen molar-refractivity contribution < 1.29 is 22.7 Å². The summed E-state index contributed by atoms with van der Waals surface area (Å²) >= 11 is 0. The van der Waals surface area contributed by atoms with Crippen LogP contribution in [0.5, 0.6) is 11.5 Å². The van der Waals surface area contributed by atoms with Crippen molar-refractivity contribution in [1.29, 1.82) is 0 Å². The topological polar surface area (TPSA) is 84.9 Å². The summed E-state index contributed by atoms with van der Waals surface area (Å²) < 4.78 is 37.9. The van der Waals surface area contributed by atoms with Crippen LogP contribution in [0.2, 0.25) is 0 Å². The van der Waals surface area contributed by atoms with E-state index in [0.29, 0.717) is 36.9 Å². The number of nitrogens with zero attached hydrogens (tertiary/aromatic N) is 1. The zero-order valence-electron chi connectivity index (χ0n) is 16.3. The maximum atomic E-state index is 12.9. The Balaban J connectivity index is 1.87. The molecule has 0 bridgehead atoms. The number of rotatable bonds is 8. The summed E-state index contributed by atoms with van der Waals surface area (Å²) in [5.74, 6) is 0.406. The van der Waals surface area contributed by atoms with Crippen LogP contribution in [0, 0.1) is 0 Å². The van der Waals surface area contributed by atoms with Crippen molar-refractivity contribution in [3.8, 4) is 11.5 Å². The Labute approximate surface area is 171 Å². The van der Waals surface area contributed by atoms with E-state index in [2.05, 4.69) is 11.9 Å². The first-order valence-corrected chi connectivity index (χ1v) is 10.7. The second-order valence-corrected chi connectivity index (χ2v) is 8.49. The number of nitrogens with one attached hydrogen (secondary N) is 1. The Morgan fingerprint density at radius 3 is 2.66 bits per heavy atom. The van der Waals surface area contributed by atoms with Gasteiger partial charge in [0, 0.05) is 24.8 Å². The molecule has 1 aliphatic heterocycles. The van der Waals surface area contributed by atoms with Gasteiger partial charge in [-0.25, -0.2) is 8.42 Å². The minimum absolute atomic E-state index is 0.0772. The normalized spacial score (nSPS) is 14.4. The molecule has 1 saturated heterocycles. The molecule has 1 fully saturated rings. The molecular weight excluding hydrogens is 392 g/mol. The molecule has 1 N–H and O–H groups in total. The first-order valence-electron chi connectivity index (χ1n) is 9.29. The predicted molar refractivity (Wildman–Crippen MR) is 111 cm³/mol. The highest BCUT2D eigenvalue weighted by Gasteiger charge is 2.28. The molecule has 0 radical (unpaired) electrons. The van der Waals surface area contributed by atoms with Crippen molar-refractivity contribution in [2.45, 2.75) is 17.7 Å². The Kier molecular flexibility index (Phi) is 6.56. The molecule has 29 heavy (non-hydrogen) atoms. The number of hydrogen-bond donors (Lipinski definition) is 1. The number of ether oxygens (including phenoxy) is 2. The number of benzene rings is 2. The summed E-state index contributed by atoms with van der Waals surface area (Å²) in [5.41, 5.74) is 0.664. The molecule has 8 heteroatoms. The average Bonchev–Trinajstić information content (AvgIpc) is 3.28. The second kappa shape index (κ2) is 9.11. The number of carbonyl (C=O) groups excluding carboxylic acids is 1. The van der Waals surface area contributed by atoms with Gasteiger partial charge in [-0.1, -0.05) is 18.7 Å². The molecule has 1 heterocycles. The largest absolute Gasteiger partial charge is 0.496 e. The number of anilines is 1. The Hall–Kier alpha value is -2.84. The van der Waals surface area contributed by atoms with Crippen LogP contribution in [-0.2, 0) is 10.0 Å². The fourth-order valence-electron chi connectivity index (χ4n) is 3.12. The highest BCUT2D eigenvalue weighted by molar-refractivity contribution is 7.89. The van der Waals surface area contributed by atoms with Gasteiger partial charge in [-0.2, -0.15) is 4.31 Å². The van der Waals surface area contributed by atoms with Gasteiger partial charge in [-0.05, 0) is 43.2 Å². The van der Waals surface area contributed by atoms with Gasteiger partial charge in [0.05, 0.1) is 17.6 Å². The van der Waals surface area contributed by atoms with Gasteiger partial charge in [0.1, 0.15) is 18.1 Å². The van der Waals surface area contributed by atoms with E-state index in [4.69, 9.17) is 9.47 Å². The summed E-state index contributed by atoms with van der Waals surface area (Å²) in [6.07, 6.45) is 3.31. The monoisotopic (exact) mass is 416 g/mol. The van der Waals surface area contributed by atoms with Crippen LogP contribution in [0.25, 0.3) is 0 Å². The molecule has 0 unspecified atom stereocenters. The summed E-state index contributed by atoms with van der Waals surface area (Å²) in [6, 6.07) is 11.2. The zero-order valence-corrected chi connectivity index (χ0v) is 17.1. The van der Waals surface area contributed by atoms with Gasteiger partial charge in [0.25, 0.3) is 5.91 Å². The van der Waals surface area contributed by atoms with Gasteiger partial charge in [0.2, 0.25) is 10.0 Å². The molecule has 1 amide bonds. The molecule has 2 aromatic rings. The van der Waals surface area contributed by atoms with E-state index in [0.717, 1.165) is 12.8 Å². The Bertz CT molecular complexity index is 998. The summed E-state index contributed by atoms with van der Waals surface area (Å²) in [6.45, 7) is 4.94. The van der Waals surface area contributed by atoms with Crippen LogP contribution < -0.4 is 14.8 Å². The maximum Gasteiger partial charge on any atom is 0.259 e. The van der Waals surface area contributed by atoms with Crippen LogP contribution in [-0.4, -0.2) is 45.4 Å². The molecule has 0 atom stereocenters. The van der Waals surface area contributed by atoms with Crippen molar-refractivity contribution in [2.24, 2.45) is 0 Å². The summed E-state index contributed by atoms with van der Waals surface area (Å²) in [4.78, 5) is 12.9. The zero-order chi connectivity index (χ0) is 20.9. The average molecular weight is 416 g/mol. The van der Waals surface area contributed by atoms with E-state index in [-0.39, 0.29) is 10.5 Å². The minimum Gasteiger partial charge on any atom is -0.496 e. The highest BCUT2D eigenvalue weighted by atomic mass is 32.2. The third-order valence-corrected chi connectivity index (χ3v) is 6.47. The van der Waals surface area contributed by atoms with Crippen molar-refractivity contribution in [3.05, 3.63) is 60.7 Å². The molecule has 3 rings (SSSR count). The lowest BCUT2D eigenvalue weighted by atomic mass is 10.2. The third kappa shape index (κ3) is 4.78. The molecule has 154 valence electrons. The lowest BCUT2D eigenvalue weighted by Crippen LogP contribution is -2.28. The molecular formula is C21H24N2O5S. The molecule has 1 aliphatic rings. The van der Waals surface area contributed by atoms with Crippen LogP contribution in [0.3, 0.4) is 0 Å². The SMILES string of the molecule is C=CCOc1cccc(NC(=O)c2cc(S(=O)(=O)N3CCCC3)ccc2OC)c1. The summed E-state index contributed by atoms with van der Waals surface area (Å²) in [5, 5.41) is 2.76. The maximum absolute atomic E-state index is 12.9. The molecule has 0 saturated carbocycles. The van der Waals surface area contributed by atoms with E-state index in [1.165, 1.54) is 29.6 Å². The van der Waals surface area contributed by atoms with Crippen molar-refractivity contribution >= 4 is 21.6 Å². The van der Waals surface area contributed by atoms with Gasteiger partial charge in [-0.3, -0.25) is 4.79 Å². The van der Waals surface area contributed by atoms with Crippen LogP contribution >= 0.6 is 0 Å². The highest BCUT2D eigenvalue weighted by Crippen LogP contribution is 2.27. The summed E-state index contributed by atoms with van der Waals surface area (Å²) in [7, 11) is -2.21. The molecule has 0 aromatic heterocycles. The minimum atomic E-state index is -3.64. The molecule has 0 aliphatic carbocycles. The third-order valence-electron chi connectivity index (χ3n) is 4.58. The van der Waals surface area contributed by atoms with Crippen LogP contribution in [0.1, 0.15) is 23.2 Å². The van der Waals surface area contributed by atoms with E-state index in [9.17, 15) is 13.2 Å². The molecule has 7 nitrogen and oxygen atoms in total. The lowest BCUT2D eigenvalue weighted by Gasteiger charge is -2.17. The Morgan fingerprint density at radius 2 is 1.97 bits per heavy atom. The standard InChI is InChI=1S/C21H24N2O5S/c1-3-13-28-17-8-6-7-16(14-17)22-21(24)19-15-18(9-10-20(19)27-2)29(25,26)23-11-4-5-12-23/h3,6-10,14-15H,1,4-5,11-13H2,2H3,(H,22,24). The van der Waals surface area contributed by atoms with Gasteiger partial charge in [0.15, 0.2) is 0 Å². The lowest BCUT2D eigenvalue weighted by molar-refractivity contribution is 0.102. The van der Waals surface area contributed by atoms with E-state index in [1.54, 1.807) is 30.3 Å². The van der Waals surface area contributed by atoms with Gasteiger partial charge < -0.3 is 14.8 Å². The quantitative estimate of drug-likeness (QED) is 0.668. The van der Waals surface area contributed by atoms with Crippen LogP contribution in [0.4, 0.5) is 5.69 Å². The second-order valence-electron chi connectivity index (χ2n) is 6.55. The number of hydrogen-bond acceptors (Lipinski definition) is 5. The van der Waals surface area contributed by atoms with Crippen molar-refractivity contribution in [2.75, 3.05) is 32.1 Å². The number of sulfonamides is 1. The van der Waals surface area contributed by atoms with Crippen molar-refractivity contribution in [3.63, 3.8) is 0 Å². The van der Waals surface area contributed by atoms with Gasteiger partial charge in [-0.15, -0.1) is 0 Å². The number of amides is 1. The predicted octanol–water partition coefficient (Wildman–Crippen LogP) is 3.30. The van der Waals surface area contributed by atoms with E-state index >= 15 is 0 Å². The van der Waals surface area contributed by atoms with Crippen LogP contribution in [0.15, 0.2) is 60.0 Å². The Morgan fingerprint density at radius 1 is 1.21 bits per heavy atom. The first-order chi connectivity index (χ1) is 14.0. The van der Waals surface area contributed by atoms with E-state index in [1.807, 2.05) is 0 Å². The number of carbonyl (C=O) groups is 1. The van der Waals surface area contributed by atoms with Gasteiger partial charge >= 0.3 is 0 Å². The number of methoxy groups -OCH3 is 1. The molecule has 0 spiro atoms. The fraction of sp³-hybridized carbons (Fsp3) is 0.286.